The van der Waals surface area contributed by atoms with Gasteiger partial charge in [-0.3, -0.25) is 0 Å². The summed E-state index contributed by atoms with van der Waals surface area (Å²) in [7, 11) is -16.8. The van der Waals surface area contributed by atoms with Crippen LogP contribution in [0.4, 0.5) is 0 Å². The molecule has 0 aromatic carbocycles. The topological polar surface area (TPSA) is 67.9 Å². The van der Waals surface area contributed by atoms with Gasteiger partial charge in [-0.25, -0.2) is 0 Å². The number of hydrogen-bond acceptors (Lipinski definition) is 7. The van der Waals surface area contributed by atoms with Crippen LogP contribution in [0.3, 0.4) is 0 Å². The van der Waals surface area contributed by atoms with E-state index in [1.807, 2.05) is 5.70 Å². The van der Waals surface area contributed by atoms with Crippen molar-refractivity contribution in [3.8, 4) is 0 Å². The molecule has 38 heavy (non-hydrogen) atoms. The van der Waals surface area contributed by atoms with E-state index in [-0.39, 0.29) is 0 Å². The molecule has 0 N–H and O–H groups in total. The maximum atomic E-state index is 7.09. The molecule has 1 saturated heterocycles. The number of epoxide rings is 1. The van der Waals surface area contributed by atoms with Gasteiger partial charge in [-0.15, -0.1) is 6.58 Å². The molecule has 226 valence electrons. The van der Waals surface area contributed by atoms with Crippen molar-refractivity contribution >= 4 is 68.2 Å². The maximum Gasteiger partial charge on any atom is 0.318 e. The summed E-state index contributed by atoms with van der Waals surface area (Å²) in [6, 6.07) is 2.85. The van der Waals surface area contributed by atoms with Crippen LogP contribution in [0.5, 0.6) is 0 Å². The minimum atomic E-state index is -2.60. The summed E-state index contributed by atoms with van der Waals surface area (Å²) in [5, 5.41) is 0. The number of ether oxygens (including phenoxy) is 1. The third-order valence-electron chi connectivity index (χ3n) is 5.75. The second kappa shape index (κ2) is 13.7. The molecule has 1 aliphatic heterocycles. The van der Waals surface area contributed by atoms with E-state index in [9.17, 15) is 0 Å². The minimum Gasteiger partial charge on any atom is -0.437 e. The second-order valence-corrected chi connectivity index (χ2v) is 45.5. The monoisotopic (exact) mass is 672 g/mol. The van der Waals surface area contributed by atoms with E-state index in [2.05, 4.69) is 105 Å². The Labute approximate surface area is 244 Å². The molecule has 0 aromatic heterocycles. The number of hydrogen-bond donors (Lipinski definition) is 0. The average Bonchev–Trinajstić information content (AvgIpc) is 3.43. The predicted molar refractivity (Wildman–Crippen MR) is 181 cm³/mol. The van der Waals surface area contributed by atoms with Crippen LogP contribution in [-0.2, 0) is 29.4 Å². The fraction of sp³-hybridized carbons (Fsp3) is 0.913. The van der Waals surface area contributed by atoms with Gasteiger partial charge in [-0.05, 0) is 123 Å². The highest BCUT2D eigenvalue weighted by Gasteiger charge is 2.48. The van der Waals surface area contributed by atoms with Gasteiger partial charge in [0.1, 0.15) is 0 Å². The van der Waals surface area contributed by atoms with E-state index >= 15 is 0 Å². The highest BCUT2D eigenvalue weighted by molar-refractivity contribution is 6.91. The standard InChI is InChI=1S/C23H60O7Si8/c1-17-34(9,10)29-37(15,16)30-35(11,12)20-21-38(28-33(6,7)8,19-18-23-22-24-23)26-31(2)25-36(13,14)27-32(3,4)5/h17,23,31H,1,18-22H2,2-16H3. The lowest BCUT2D eigenvalue weighted by Gasteiger charge is -2.42. The van der Waals surface area contributed by atoms with Crippen LogP contribution >= 0.6 is 0 Å². The van der Waals surface area contributed by atoms with Gasteiger partial charge in [0.15, 0.2) is 33.3 Å². The average molecular weight is 673 g/mol. The zero-order chi connectivity index (χ0) is 29.8. The molecular weight excluding hydrogens is 613 g/mol. The Morgan fingerprint density at radius 3 is 1.68 bits per heavy atom. The minimum absolute atomic E-state index is 0.349. The van der Waals surface area contributed by atoms with Crippen molar-refractivity contribution in [2.75, 3.05) is 6.61 Å². The van der Waals surface area contributed by atoms with Crippen molar-refractivity contribution in [1.82, 2.24) is 0 Å². The molecule has 1 fully saturated rings. The van der Waals surface area contributed by atoms with Crippen LogP contribution in [-0.4, -0.2) is 80.9 Å². The normalized spacial score (nSPS) is 20.2. The third kappa shape index (κ3) is 16.6. The molecule has 1 heterocycles. The summed E-state index contributed by atoms with van der Waals surface area (Å²) in [5.41, 5.74) is 2.00. The van der Waals surface area contributed by atoms with E-state index < -0.39 is 68.2 Å². The molecule has 0 spiro atoms. The quantitative estimate of drug-likeness (QED) is 0.105. The summed E-state index contributed by atoms with van der Waals surface area (Å²) in [4.78, 5) is 0. The zero-order valence-corrected chi connectivity index (χ0v) is 35.5. The SMILES string of the molecule is C=C[Si](C)(C)O[Si](C)(C)O[Si](C)(C)CC[Si](CCC1CO1)(O[SiH](C)O[Si](C)(C)O[Si](C)(C)C)O[Si](C)(C)C. The van der Waals surface area contributed by atoms with Gasteiger partial charge in [0.25, 0.3) is 0 Å². The van der Waals surface area contributed by atoms with Crippen LogP contribution in [0.1, 0.15) is 6.42 Å². The predicted octanol–water partition coefficient (Wildman–Crippen LogP) is 7.38. The lowest BCUT2D eigenvalue weighted by atomic mass is 10.4. The summed E-state index contributed by atoms with van der Waals surface area (Å²) in [6.07, 6.45) is 1.34. The first kappa shape index (κ1) is 37.2. The van der Waals surface area contributed by atoms with E-state index in [4.69, 9.17) is 29.4 Å². The third-order valence-corrected chi connectivity index (χ3v) is 34.0. The van der Waals surface area contributed by atoms with Crippen molar-refractivity contribution in [3.05, 3.63) is 12.3 Å². The summed E-state index contributed by atoms with van der Waals surface area (Å²) in [5.74, 6) is 0. The van der Waals surface area contributed by atoms with Gasteiger partial charge >= 0.3 is 35.0 Å². The van der Waals surface area contributed by atoms with Gasteiger partial charge in [0.05, 0.1) is 12.7 Å². The lowest BCUT2D eigenvalue weighted by Crippen LogP contribution is -2.57. The van der Waals surface area contributed by atoms with Crippen molar-refractivity contribution in [3.63, 3.8) is 0 Å². The summed E-state index contributed by atoms with van der Waals surface area (Å²) in [6.45, 7) is 38.2. The highest BCUT2D eigenvalue weighted by Crippen LogP contribution is 2.35. The largest absolute Gasteiger partial charge is 0.437 e. The van der Waals surface area contributed by atoms with Gasteiger partial charge in [0, 0.05) is 0 Å². The molecule has 1 aliphatic rings. The molecule has 0 aromatic rings. The highest BCUT2D eigenvalue weighted by atomic mass is 28.5. The molecule has 0 bridgehead atoms. The Bertz CT molecular complexity index is 764. The van der Waals surface area contributed by atoms with E-state index in [1.54, 1.807) is 0 Å². The van der Waals surface area contributed by atoms with Crippen LogP contribution in [0.15, 0.2) is 12.3 Å². The molecule has 7 nitrogen and oxygen atoms in total. The fourth-order valence-electron chi connectivity index (χ4n) is 4.93. The maximum absolute atomic E-state index is 7.09. The molecule has 3 atom stereocenters. The Hall–Kier alpha value is 1.20. The van der Waals surface area contributed by atoms with Crippen LogP contribution < -0.4 is 0 Å². The molecule has 0 aliphatic carbocycles. The van der Waals surface area contributed by atoms with Gasteiger partial charge in [0.2, 0.25) is 0 Å². The smallest absolute Gasteiger partial charge is 0.318 e. The van der Waals surface area contributed by atoms with E-state index in [1.165, 1.54) is 0 Å². The molecule has 0 saturated carbocycles. The molecule has 3 unspecified atom stereocenters. The van der Waals surface area contributed by atoms with E-state index in [0.717, 1.165) is 31.2 Å². The number of rotatable bonds is 19. The first-order chi connectivity index (χ1) is 16.8. The van der Waals surface area contributed by atoms with Gasteiger partial charge in [-0.2, -0.15) is 0 Å². The molecule has 15 heteroatoms. The zero-order valence-electron chi connectivity index (χ0n) is 27.3. The van der Waals surface area contributed by atoms with Crippen LogP contribution in [0.2, 0.25) is 116 Å². The van der Waals surface area contributed by atoms with Crippen molar-refractivity contribution < 1.29 is 29.4 Å². The first-order valence-electron chi connectivity index (χ1n) is 14.2. The van der Waals surface area contributed by atoms with Crippen molar-refractivity contribution in [2.24, 2.45) is 0 Å². The lowest BCUT2D eigenvalue weighted by molar-refractivity contribution is 0.305. The molecule has 1 rings (SSSR count). The molecular formula is C23H60O7Si8. The summed E-state index contributed by atoms with van der Waals surface area (Å²) >= 11 is 0. The Morgan fingerprint density at radius 2 is 1.24 bits per heavy atom. The van der Waals surface area contributed by atoms with Crippen molar-refractivity contribution in [1.29, 1.82) is 0 Å². The van der Waals surface area contributed by atoms with Gasteiger partial charge in [-0.1, -0.05) is 5.70 Å². The Kier molecular flexibility index (Phi) is 13.4. The fourth-order valence-corrected chi connectivity index (χ4v) is 41.2. The van der Waals surface area contributed by atoms with Gasteiger partial charge < -0.3 is 29.4 Å². The molecule has 0 amide bonds. The molecule has 0 radical (unpaired) electrons. The van der Waals surface area contributed by atoms with Crippen LogP contribution in [0, 0.1) is 0 Å². The Balaban J connectivity index is 3.14. The first-order valence-corrected chi connectivity index (χ1v) is 37.1. The van der Waals surface area contributed by atoms with E-state index in [0.29, 0.717) is 6.10 Å². The van der Waals surface area contributed by atoms with Crippen LogP contribution in [0.25, 0.3) is 0 Å². The van der Waals surface area contributed by atoms with Crippen molar-refractivity contribution in [2.45, 2.75) is 129 Å². The second-order valence-electron chi connectivity index (χ2n) is 14.7. The Morgan fingerprint density at radius 1 is 0.711 bits per heavy atom. The summed E-state index contributed by atoms with van der Waals surface area (Å²) < 4.78 is 46.4.